The molecule has 1 aliphatic heterocycles. The standard InChI is InChI=1S/C20H14BrN3/c21-16-9-4-6-14(12-16)18-20(13-22,15-7-2-1-3-8-15)19-17(24-18)10-5-11-23-19/h1-12,18,24H/t18-,20-/m1/s1. The molecule has 0 amide bonds. The van der Waals surface area contributed by atoms with Gasteiger partial charge in [-0.25, -0.2) is 0 Å². The van der Waals surface area contributed by atoms with Gasteiger partial charge in [0.1, 0.15) is 0 Å². The quantitative estimate of drug-likeness (QED) is 0.698. The van der Waals surface area contributed by atoms with Crippen molar-refractivity contribution in [2.75, 3.05) is 5.32 Å². The van der Waals surface area contributed by atoms with E-state index in [1.165, 1.54) is 0 Å². The maximum absolute atomic E-state index is 10.3. The minimum absolute atomic E-state index is 0.202. The number of nitrogens with zero attached hydrogens (tertiary/aromatic N) is 2. The molecule has 1 aliphatic rings. The minimum atomic E-state index is -0.862. The number of anilines is 1. The summed E-state index contributed by atoms with van der Waals surface area (Å²) in [4.78, 5) is 4.56. The van der Waals surface area contributed by atoms with E-state index in [1.54, 1.807) is 6.20 Å². The lowest BCUT2D eigenvalue weighted by molar-refractivity contribution is 0.574. The highest BCUT2D eigenvalue weighted by molar-refractivity contribution is 9.10. The third-order valence-corrected chi connectivity index (χ3v) is 4.99. The number of nitrogens with one attached hydrogen (secondary N) is 1. The summed E-state index contributed by atoms with van der Waals surface area (Å²) < 4.78 is 0.991. The zero-order chi connectivity index (χ0) is 16.6. The van der Waals surface area contributed by atoms with Crippen LogP contribution >= 0.6 is 15.9 Å². The summed E-state index contributed by atoms with van der Waals surface area (Å²) in [6, 6.07) is 24.2. The average molecular weight is 376 g/mol. The molecule has 0 saturated carbocycles. The summed E-state index contributed by atoms with van der Waals surface area (Å²) in [6.45, 7) is 0. The molecule has 0 unspecified atom stereocenters. The molecule has 0 spiro atoms. The first kappa shape index (κ1) is 14.9. The van der Waals surface area contributed by atoms with E-state index in [2.05, 4.69) is 38.4 Å². The van der Waals surface area contributed by atoms with Gasteiger partial charge in [0, 0.05) is 10.7 Å². The van der Waals surface area contributed by atoms with E-state index in [9.17, 15) is 5.26 Å². The van der Waals surface area contributed by atoms with Crippen molar-refractivity contribution in [3.63, 3.8) is 0 Å². The minimum Gasteiger partial charge on any atom is -0.374 e. The van der Waals surface area contributed by atoms with E-state index in [1.807, 2.05) is 60.7 Å². The van der Waals surface area contributed by atoms with Crippen molar-refractivity contribution in [2.24, 2.45) is 0 Å². The second-order valence-corrected chi connectivity index (χ2v) is 6.73. The number of hydrogen-bond acceptors (Lipinski definition) is 3. The fourth-order valence-electron chi connectivity index (χ4n) is 3.44. The van der Waals surface area contributed by atoms with Gasteiger partial charge in [0.05, 0.1) is 23.5 Å². The molecule has 0 bridgehead atoms. The maximum atomic E-state index is 10.3. The smallest absolute Gasteiger partial charge is 0.150 e. The molecule has 24 heavy (non-hydrogen) atoms. The largest absolute Gasteiger partial charge is 0.374 e. The summed E-state index contributed by atoms with van der Waals surface area (Å²) in [6.07, 6.45) is 1.75. The molecule has 1 aromatic heterocycles. The molecule has 0 aliphatic carbocycles. The van der Waals surface area contributed by atoms with Crippen molar-refractivity contribution >= 4 is 21.6 Å². The van der Waals surface area contributed by atoms with Crippen molar-refractivity contribution < 1.29 is 0 Å². The highest BCUT2D eigenvalue weighted by Gasteiger charge is 2.51. The number of hydrogen-bond donors (Lipinski definition) is 1. The number of rotatable bonds is 2. The number of nitriles is 1. The molecular formula is C20H14BrN3. The van der Waals surface area contributed by atoms with Crippen molar-refractivity contribution in [3.05, 3.63) is 94.2 Å². The van der Waals surface area contributed by atoms with Gasteiger partial charge in [0.15, 0.2) is 5.41 Å². The fourth-order valence-corrected chi connectivity index (χ4v) is 3.86. The van der Waals surface area contributed by atoms with Gasteiger partial charge in [-0.05, 0) is 35.4 Å². The van der Waals surface area contributed by atoms with E-state index < -0.39 is 5.41 Å². The number of halogens is 1. The molecule has 3 nitrogen and oxygen atoms in total. The van der Waals surface area contributed by atoms with Crippen LogP contribution in [-0.4, -0.2) is 4.98 Å². The Balaban J connectivity index is 1.99. The maximum Gasteiger partial charge on any atom is 0.150 e. The molecule has 4 heteroatoms. The lowest BCUT2D eigenvalue weighted by Crippen LogP contribution is -2.32. The zero-order valence-corrected chi connectivity index (χ0v) is 14.4. The number of fused-ring (bicyclic) bond motifs is 1. The summed E-state index contributed by atoms with van der Waals surface area (Å²) in [5.74, 6) is 0. The monoisotopic (exact) mass is 375 g/mol. The van der Waals surface area contributed by atoms with E-state index in [4.69, 9.17) is 0 Å². The van der Waals surface area contributed by atoms with E-state index in [-0.39, 0.29) is 6.04 Å². The van der Waals surface area contributed by atoms with Gasteiger partial charge in [-0.1, -0.05) is 58.4 Å². The Hall–Kier alpha value is -2.64. The Morgan fingerprint density at radius 3 is 2.62 bits per heavy atom. The number of benzene rings is 2. The summed E-state index contributed by atoms with van der Waals surface area (Å²) in [5, 5.41) is 13.8. The Labute approximate surface area is 149 Å². The second-order valence-electron chi connectivity index (χ2n) is 5.82. The van der Waals surface area contributed by atoms with Crippen LogP contribution < -0.4 is 5.32 Å². The predicted molar refractivity (Wildman–Crippen MR) is 97.6 cm³/mol. The van der Waals surface area contributed by atoms with Crippen LogP contribution in [0.5, 0.6) is 0 Å². The van der Waals surface area contributed by atoms with Crippen LogP contribution in [-0.2, 0) is 5.41 Å². The number of pyridine rings is 1. The third kappa shape index (κ3) is 2.13. The Kier molecular flexibility index (Phi) is 3.59. The fraction of sp³-hybridized carbons (Fsp3) is 0.100. The molecule has 0 radical (unpaired) electrons. The van der Waals surface area contributed by atoms with Crippen molar-refractivity contribution in [3.8, 4) is 6.07 Å². The Bertz CT molecular complexity index is 933. The molecule has 0 saturated heterocycles. The van der Waals surface area contributed by atoms with Crippen LogP contribution in [0, 0.1) is 11.3 Å². The zero-order valence-electron chi connectivity index (χ0n) is 12.8. The first-order valence-electron chi connectivity index (χ1n) is 7.70. The molecule has 2 atom stereocenters. The topological polar surface area (TPSA) is 48.7 Å². The molecule has 2 aromatic carbocycles. The molecule has 3 aromatic rings. The summed E-state index contributed by atoms with van der Waals surface area (Å²) >= 11 is 3.53. The van der Waals surface area contributed by atoms with E-state index >= 15 is 0 Å². The lowest BCUT2D eigenvalue weighted by atomic mass is 9.72. The van der Waals surface area contributed by atoms with Crippen LogP contribution in [0.15, 0.2) is 77.4 Å². The van der Waals surface area contributed by atoms with Crippen LogP contribution in [0.25, 0.3) is 0 Å². The molecule has 1 N–H and O–H groups in total. The van der Waals surface area contributed by atoms with Crippen LogP contribution in [0.3, 0.4) is 0 Å². The van der Waals surface area contributed by atoms with Gasteiger partial charge < -0.3 is 5.32 Å². The molecule has 2 heterocycles. The van der Waals surface area contributed by atoms with E-state index in [0.29, 0.717) is 0 Å². The van der Waals surface area contributed by atoms with Gasteiger partial charge in [0.25, 0.3) is 0 Å². The first-order valence-corrected chi connectivity index (χ1v) is 8.49. The van der Waals surface area contributed by atoms with Crippen molar-refractivity contribution in [1.82, 2.24) is 4.98 Å². The highest BCUT2D eigenvalue weighted by atomic mass is 79.9. The Morgan fingerprint density at radius 2 is 1.88 bits per heavy atom. The number of aromatic nitrogens is 1. The Morgan fingerprint density at radius 1 is 1.04 bits per heavy atom. The van der Waals surface area contributed by atoms with Gasteiger partial charge in [-0.3, -0.25) is 4.98 Å². The highest BCUT2D eigenvalue weighted by Crippen LogP contribution is 2.51. The van der Waals surface area contributed by atoms with E-state index in [0.717, 1.165) is 27.0 Å². The van der Waals surface area contributed by atoms with Gasteiger partial charge in [-0.15, -0.1) is 0 Å². The van der Waals surface area contributed by atoms with Crippen molar-refractivity contribution in [1.29, 1.82) is 5.26 Å². The van der Waals surface area contributed by atoms with Gasteiger partial charge >= 0.3 is 0 Å². The third-order valence-electron chi connectivity index (χ3n) is 4.50. The molecule has 0 fully saturated rings. The summed E-state index contributed by atoms with van der Waals surface area (Å²) in [5.41, 5.74) is 2.82. The van der Waals surface area contributed by atoms with Crippen LogP contribution in [0.2, 0.25) is 0 Å². The normalized spacial score (nSPS) is 21.6. The van der Waals surface area contributed by atoms with Crippen LogP contribution in [0.1, 0.15) is 22.9 Å². The van der Waals surface area contributed by atoms with Crippen LogP contribution in [0.4, 0.5) is 5.69 Å². The van der Waals surface area contributed by atoms with Gasteiger partial charge in [0.2, 0.25) is 0 Å². The lowest BCUT2D eigenvalue weighted by Gasteiger charge is -2.29. The SMILES string of the molecule is N#C[C@]1(c2ccccc2)c2ncccc2N[C@@H]1c1cccc(Br)c1. The summed E-state index contributed by atoms with van der Waals surface area (Å²) in [7, 11) is 0. The average Bonchev–Trinajstić information content (AvgIpc) is 2.98. The molecular weight excluding hydrogens is 362 g/mol. The predicted octanol–water partition coefficient (Wildman–Crippen LogP) is 4.82. The first-order chi connectivity index (χ1) is 11.8. The van der Waals surface area contributed by atoms with Crippen molar-refractivity contribution in [2.45, 2.75) is 11.5 Å². The van der Waals surface area contributed by atoms with Gasteiger partial charge in [-0.2, -0.15) is 5.26 Å². The molecule has 116 valence electrons. The molecule has 4 rings (SSSR count). The second kappa shape index (κ2) is 5.77.